The van der Waals surface area contributed by atoms with E-state index in [1.807, 2.05) is 19.2 Å². The minimum atomic E-state index is -4.42. The molecule has 1 aliphatic heterocycles. The van der Waals surface area contributed by atoms with E-state index in [1.165, 1.54) is 46.8 Å². The van der Waals surface area contributed by atoms with Gasteiger partial charge >= 0.3 is 6.18 Å². The van der Waals surface area contributed by atoms with Gasteiger partial charge < -0.3 is 4.90 Å². The number of rotatable bonds is 8. The zero-order valence-electron chi connectivity index (χ0n) is 21.3. The van der Waals surface area contributed by atoms with Crippen molar-refractivity contribution in [3.8, 4) is 0 Å². The van der Waals surface area contributed by atoms with E-state index in [4.69, 9.17) is 0 Å². The Kier molecular flexibility index (Phi) is 8.39. The van der Waals surface area contributed by atoms with Crippen LogP contribution in [0.3, 0.4) is 0 Å². The van der Waals surface area contributed by atoms with Crippen molar-refractivity contribution in [2.75, 3.05) is 26.2 Å². The lowest BCUT2D eigenvalue weighted by Crippen LogP contribution is -2.39. The van der Waals surface area contributed by atoms with Gasteiger partial charge in [0.15, 0.2) is 0 Å². The number of alkyl halides is 3. The molecule has 3 aromatic rings. The lowest BCUT2D eigenvalue weighted by Gasteiger charge is -2.30. The molecule has 4 rings (SSSR count). The minimum Gasteiger partial charge on any atom is -0.338 e. The fourth-order valence-electron chi connectivity index (χ4n) is 5.11. The van der Waals surface area contributed by atoms with Crippen LogP contribution in [0.25, 0.3) is 0 Å². The van der Waals surface area contributed by atoms with Gasteiger partial charge in [-0.15, -0.1) is 11.3 Å². The van der Waals surface area contributed by atoms with Gasteiger partial charge in [0.05, 0.1) is 5.56 Å². The summed E-state index contributed by atoms with van der Waals surface area (Å²) in [5, 5.41) is 2.05. The molecule has 37 heavy (non-hydrogen) atoms. The Morgan fingerprint density at radius 1 is 1.11 bits per heavy atom. The zero-order chi connectivity index (χ0) is 26.7. The van der Waals surface area contributed by atoms with Gasteiger partial charge in [0.1, 0.15) is 5.82 Å². The van der Waals surface area contributed by atoms with Crippen molar-refractivity contribution in [1.29, 1.82) is 0 Å². The van der Waals surface area contributed by atoms with Crippen molar-refractivity contribution in [2.45, 2.75) is 39.4 Å². The van der Waals surface area contributed by atoms with E-state index < -0.39 is 17.6 Å². The Bertz CT molecular complexity index is 1210. The number of aryl methyl sites for hydroxylation is 1. The van der Waals surface area contributed by atoms with Crippen LogP contribution >= 0.6 is 11.3 Å². The van der Waals surface area contributed by atoms with Gasteiger partial charge in [0, 0.05) is 49.1 Å². The van der Waals surface area contributed by atoms with E-state index in [-0.39, 0.29) is 23.7 Å². The third-order valence-electron chi connectivity index (χ3n) is 6.91. The molecule has 2 heterocycles. The number of carbonyl (C=O) groups is 1. The van der Waals surface area contributed by atoms with Crippen molar-refractivity contribution in [1.82, 2.24) is 9.80 Å². The van der Waals surface area contributed by atoms with Gasteiger partial charge in [0.25, 0.3) is 5.91 Å². The SMILES string of the molecule is Cc1ccsc1CN1C[C@@H](CN(CC(C)C)C(=O)c2ccc(F)cc2)[C@H](c2cccc(C(F)(F)F)c2)C1. The smallest absolute Gasteiger partial charge is 0.338 e. The van der Waals surface area contributed by atoms with Gasteiger partial charge in [-0.25, -0.2) is 4.39 Å². The molecule has 0 spiro atoms. The Morgan fingerprint density at radius 2 is 1.84 bits per heavy atom. The first-order valence-corrected chi connectivity index (χ1v) is 13.4. The second-order valence-corrected chi connectivity index (χ2v) is 11.3. The summed E-state index contributed by atoms with van der Waals surface area (Å²) in [5.74, 6) is -0.608. The number of hydrogen-bond acceptors (Lipinski definition) is 3. The quantitative estimate of drug-likeness (QED) is 0.286. The van der Waals surface area contributed by atoms with Crippen molar-refractivity contribution in [3.63, 3.8) is 0 Å². The summed E-state index contributed by atoms with van der Waals surface area (Å²) >= 11 is 1.68. The number of carbonyl (C=O) groups excluding carboxylic acids is 1. The Labute approximate surface area is 219 Å². The summed E-state index contributed by atoms with van der Waals surface area (Å²) in [6, 6.07) is 13.2. The van der Waals surface area contributed by atoms with Crippen LogP contribution in [0.15, 0.2) is 60.0 Å². The van der Waals surface area contributed by atoms with Crippen LogP contribution in [-0.2, 0) is 12.7 Å². The van der Waals surface area contributed by atoms with Crippen molar-refractivity contribution in [2.24, 2.45) is 11.8 Å². The maximum Gasteiger partial charge on any atom is 0.416 e. The standard InChI is InChI=1S/C29H32F4N2OS/c1-19(2)14-35(28(36)21-7-9-25(30)10-8-21)16-23-15-34(18-27-20(3)11-12-37-27)17-26(23)22-5-4-6-24(13-22)29(31,32)33/h4-13,19,23,26H,14-18H2,1-3H3/t23-,26-/m0/s1. The Hall–Kier alpha value is -2.71. The van der Waals surface area contributed by atoms with Crippen molar-refractivity contribution < 1.29 is 22.4 Å². The highest BCUT2D eigenvalue weighted by Crippen LogP contribution is 2.38. The van der Waals surface area contributed by atoms with E-state index in [0.29, 0.717) is 37.3 Å². The number of nitrogens with zero attached hydrogens (tertiary/aromatic N) is 2. The summed E-state index contributed by atoms with van der Waals surface area (Å²) in [7, 11) is 0. The molecule has 3 nitrogen and oxygen atoms in total. The van der Waals surface area contributed by atoms with E-state index in [2.05, 4.69) is 17.9 Å². The highest BCUT2D eigenvalue weighted by atomic mass is 32.1. The number of thiophene rings is 1. The molecule has 1 aromatic heterocycles. The molecule has 1 amide bonds. The summed E-state index contributed by atoms with van der Waals surface area (Å²) in [6.45, 7) is 9.04. The van der Waals surface area contributed by atoms with E-state index in [9.17, 15) is 22.4 Å². The molecule has 1 saturated heterocycles. The normalized spacial score (nSPS) is 18.5. The molecule has 2 atom stereocenters. The number of likely N-dealkylation sites (tertiary alicyclic amines) is 1. The van der Waals surface area contributed by atoms with Gasteiger partial charge in [-0.1, -0.05) is 32.0 Å². The molecular weight excluding hydrogens is 500 g/mol. The number of benzene rings is 2. The van der Waals surface area contributed by atoms with Crippen LogP contribution in [-0.4, -0.2) is 41.9 Å². The van der Waals surface area contributed by atoms with E-state index >= 15 is 0 Å². The van der Waals surface area contributed by atoms with E-state index in [0.717, 1.165) is 12.6 Å². The molecule has 0 unspecified atom stereocenters. The van der Waals surface area contributed by atoms with Crippen molar-refractivity contribution in [3.05, 3.63) is 92.9 Å². The van der Waals surface area contributed by atoms with Crippen LogP contribution in [0.2, 0.25) is 0 Å². The summed E-state index contributed by atoms with van der Waals surface area (Å²) in [5.41, 5.74) is 1.60. The third-order valence-corrected chi connectivity index (χ3v) is 7.92. The maximum absolute atomic E-state index is 13.5. The molecular formula is C29H32F4N2OS. The lowest BCUT2D eigenvalue weighted by atomic mass is 9.87. The predicted molar refractivity (Wildman–Crippen MR) is 139 cm³/mol. The first-order chi connectivity index (χ1) is 17.5. The van der Waals surface area contributed by atoms with Gasteiger partial charge in [-0.3, -0.25) is 9.69 Å². The first kappa shape index (κ1) is 27.3. The molecule has 1 fully saturated rings. The molecule has 2 aromatic carbocycles. The van der Waals surface area contributed by atoms with E-state index in [1.54, 1.807) is 22.3 Å². The predicted octanol–water partition coefficient (Wildman–Crippen LogP) is 7.23. The highest BCUT2D eigenvalue weighted by Gasteiger charge is 2.38. The average Bonchev–Trinajstić information content (AvgIpc) is 3.43. The van der Waals surface area contributed by atoms with Crippen LogP contribution < -0.4 is 0 Å². The average molecular weight is 533 g/mol. The molecule has 1 aliphatic rings. The van der Waals surface area contributed by atoms with Crippen LogP contribution in [0.5, 0.6) is 0 Å². The zero-order valence-corrected chi connectivity index (χ0v) is 22.1. The molecule has 0 saturated carbocycles. The number of hydrogen-bond donors (Lipinski definition) is 0. The molecule has 0 bridgehead atoms. The minimum absolute atomic E-state index is 0.0492. The van der Waals surface area contributed by atoms with Crippen LogP contribution in [0.4, 0.5) is 17.6 Å². The van der Waals surface area contributed by atoms with Gasteiger partial charge in [0.2, 0.25) is 0 Å². The monoisotopic (exact) mass is 532 g/mol. The maximum atomic E-state index is 13.5. The molecule has 0 N–H and O–H groups in total. The van der Waals surface area contributed by atoms with Gasteiger partial charge in [-0.05, 0) is 71.7 Å². The summed E-state index contributed by atoms with van der Waals surface area (Å²) in [6.07, 6.45) is -4.42. The molecule has 0 radical (unpaired) electrons. The number of amides is 1. The van der Waals surface area contributed by atoms with Crippen LogP contribution in [0, 0.1) is 24.6 Å². The summed E-state index contributed by atoms with van der Waals surface area (Å²) < 4.78 is 54.0. The highest BCUT2D eigenvalue weighted by molar-refractivity contribution is 7.10. The first-order valence-electron chi connectivity index (χ1n) is 12.5. The van der Waals surface area contributed by atoms with Crippen LogP contribution in [0.1, 0.15) is 51.7 Å². The lowest BCUT2D eigenvalue weighted by molar-refractivity contribution is -0.137. The largest absolute Gasteiger partial charge is 0.416 e. The molecule has 198 valence electrons. The van der Waals surface area contributed by atoms with Crippen molar-refractivity contribution >= 4 is 17.2 Å². The molecule has 0 aliphatic carbocycles. The fourth-order valence-corrected chi connectivity index (χ4v) is 6.05. The molecule has 8 heteroatoms. The topological polar surface area (TPSA) is 23.6 Å². The second kappa shape index (κ2) is 11.4. The Morgan fingerprint density at radius 3 is 2.46 bits per heavy atom. The fraction of sp³-hybridized carbons (Fsp3) is 0.414. The van der Waals surface area contributed by atoms with Gasteiger partial charge in [-0.2, -0.15) is 13.2 Å². The second-order valence-electron chi connectivity index (χ2n) is 10.3. The summed E-state index contributed by atoms with van der Waals surface area (Å²) in [4.78, 5) is 18.7. The third kappa shape index (κ3) is 6.79. The Balaban J connectivity index is 1.63. The number of halogens is 4.